The molecule has 2 aromatic carbocycles. The van der Waals surface area contributed by atoms with Gasteiger partial charge < -0.3 is 5.32 Å². The van der Waals surface area contributed by atoms with E-state index >= 15 is 0 Å². The van der Waals surface area contributed by atoms with Crippen LogP contribution in [0.15, 0.2) is 48.5 Å². The molecule has 1 aliphatic heterocycles. The third kappa shape index (κ3) is 3.75. The number of hydrogen-bond donors (Lipinski definition) is 2. The SMILES string of the molecule is CC(=O)Nc1ccc(CN2CCc3[nH]nc(-c4ccccc4F)c3C2)cc1. The maximum absolute atomic E-state index is 14.2. The molecule has 1 aliphatic rings. The predicted octanol–water partition coefficient (Wildman–Crippen LogP) is 3.73. The molecular formula is C21H21FN4O. The fourth-order valence-corrected chi connectivity index (χ4v) is 3.52. The van der Waals surface area contributed by atoms with Crippen LogP contribution < -0.4 is 5.32 Å². The van der Waals surface area contributed by atoms with E-state index in [0.29, 0.717) is 11.3 Å². The summed E-state index contributed by atoms with van der Waals surface area (Å²) < 4.78 is 14.2. The van der Waals surface area contributed by atoms with Crippen LogP contribution in [0, 0.1) is 5.82 Å². The summed E-state index contributed by atoms with van der Waals surface area (Å²) in [5.74, 6) is -0.329. The molecule has 0 unspecified atom stereocenters. The lowest BCUT2D eigenvalue weighted by Crippen LogP contribution is -2.30. The fraction of sp³-hybridized carbons (Fsp3) is 0.238. The number of H-pyrrole nitrogens is 1. The summed E-state index contributed by atoms with van der Waals surface area (Å²) in [6.45, 7) is 3.93. The minimum Gasteiger partial charge on any atom is -0.326 e. The Bertz CT molecular complexity index is 965. The van der Waals surface area contributed by atoms with E-state index in [1.807, 2.05) is 30.3 Å². The summed E-state index contributed by atoms with van der Waals surface area (Å²) in [6.07, 6.45) is 0.862. The Morgan fingerprint density at radius 3 is 2.74 bits per heavy atom. The van der Waals surface area contributed by atoms with Gasteiger partial charge in [0.2, 0.25) is 5.91 Å². The van der Waals surface area contributed by atoms with Crippen LogP contribution in [0.1, 0.15) is 23.7 Å². The van der Waals surface area contributed by atoms with Crippen molar-refractivity contribution >= 4 is 11.6 Å². The zero-order chi connectivity index (χ0) is 18.8. The summed E-state index contributed by atoms with van der Waals surface area (Å²) in [7, 11) is 0. The summed E-state index contributed by atoms with van der Waals surface area (Å²) >= 11 is 0. The van der Waals surface area contributed by atoms with Gasteiger partial charge in [-0.3, -0.25) is 14.8 Å². The van der Waals surface area contributed by atoms with Crippen LogP contribution in [0.5, 0.6) is 0 Å². The molecule has 0 bridgehead atoms. The van der Waals surface area contributed by atoms with Gasteiger partial charge in [0, 0.05) is 55.5 Å². The summed E-state index contributed by atoms with van der Waals surface area (Å²) in [5.41, 5.74) is 5.37. The molecule has 27 heavy (non-hydrogen) atoms. The van der Waals surface area contributed by atoms with Gasteiger partial charge in [0.15, 0.2) is 0 Å². The van der Waals surface area contributed by atoms with Crippen LogP contribution in [-0.2, 0) is 24.3 Å². The smallest absolute Gasteiger partial charge is 0.221 e. The molecule has 0 radical (unpaired) electrons. The molecular weight excluding hydrogens is 343 g/mol. The van der Waals surface area contributed by atoms with Gasteiger partial charge in [-0.15, -0.1) is 0 Å². The number of benzene rings is 2. The lowest BCUT2D eigenvalue weighted by Gasteiger charge is -2.27. The predicted molar refractivity (Wildman–Crippen MR) is 103 cm³/mol. The highest BCUT2D eigenvalue weighted by atomic mass is 19.1. The fourth-order valence-electron chi connectivity index (χ4n) is 3.52. The van der Waals surface area contributed by atoms with E-state index in [9.17, 15) is 9.18 Å². The van der Waals surface area contributed by atoms with Crippen LogP contribution in [0.4, 0.5) is 10.1 Å². The van der Waals surface area contributed by atoms with E-state index in [2.05, 4.69) is 20.4 Å². The number of halogens is 1. The monoisotopic (exact) mass is 364 g/mol. The van der Waals surface area contributed by atoms with E-state index in [1.165, 1.54) is 18.6 Å². The first-order chi connectivity index (χ1) is 13.1. The Hall–Kier alpha value is -2.99. The average Bonchev–Trinajstić information content (AvgIpc) is 3.06. The summed E-state index contributed by atoms with van der Waals surface area (Å²) in [4.78, 5) is 13.5. The molecule has 2 N–H and O–H groups in total. The van der Waals surface area contributed by atoms with Crippen molar-refractivity contribution in [3.8, 4) is 11.3 Å². The molecule has 4 rings (SSSR count). The van der Waals surface area contributed by atoms with Crippen LogP contribution in [0.25, 0.3) is 11.3 Å². The van der Waals surface area contributed by atoms with Gasteiger partial charge in [-0.25, -0.2) is 4.39 Å². The standard InChI is InChI=1S/C21H21FN4O/c1-14(27)23-16-8-6-15(7-9-16)12-26-11-10-20-18(13-26)21(25-24-20)17-4-2-3-5-19(17)22/h2-9H,10-13H2,1H3,(H,23,27)(H,24,25). The first-order valence-corrected chi connectivity index (χ1v) is 9.00. The first-order valence-electron chi connectivity index (χ1n) is 9.00. The molecule has 0 atom stereocenters. The first kappa shape index (κ1) is 17.4. The van der Waals surface area contributed by atoms with Crippen molar-refractivity contribution in [3.05, 3.63) is 71.2 Å². The van der Waals surface area contributed by atoms with Crippen molar-refractivity contribution in [3.63, 3.8) is 0 Å². The Morgan fingerprint density at radius 2 is 2.00 bits per heavy atom. The highest BCUT2D eigenvalue weighted by Gasteiger charge is 2.24. The lowest BCUT2D eigenvalue weighted by atomic mass is 10.00. The number of aromatic amines is 1. The summed E-state index contributed by atoms with van der Waals surface area (Å²) in [6, 6.07) is 14.6. The van der Waals surface area contributed by atoms with Crippen LogP contribution in [0.3, 0.4) is 0 Å². The number of fused-ring (bicyclic) bond motifs is 1. The molecule has 6 heteroatoms. The van der Waals surface area contributed by atoms with Gasteiger partial charge in [-0.2, -0.15) is 5.10 Å². The Labute approximate surface area is 157 Å². The third-order valence-electron chi connectivity index (χ3n) is 4.82. The number of aromatic nitrogens is 2. The largest absolute Gasteiger partial charge is 0.326 e. The second-order valence-electron chi connectivity index (χ2n) is 6.85. The molecule has 1 aromatic heterocycles. The highest BCUT2D eigenvalue weighted by molar-refractivity contribution is 5.88. The quantitative estimate of drug-likeness (QED) is 0.741. The number of rotatable bonds is 4. The van der Waals surface area contributed by atoms with Gasteiger partial charge >= 0.3 is 0 Å². The van der Waals surface area contributed by atoms with Crippen molar-refractivity contribution in [2.45, 2.75) is 26.4 Å². The van der Waals surface area contributed by atoms with E-state index in [1.54, 1.807) is 12.1 Å². The van der Waals surface area contributed by atoms with Gasteiger partial charge in [-0.1, -0.05) is 24.3 Å². The molecule has 0 aliphatic carbocycles. The Kier molecular flexibility index (Phi) is 4.73. The van der Waals surface area contributed by atoms with Crippen molar-refractivity contribution < 1.29 is 9.18 Å². The second-order valence-corrected chi connectivity index (χ2v) is 6.85. The van der Waals surface area contributed by atoms with Gasteiger partial charge in [0.25, 0.3) is 0 Å². The zero-order valence-corrected chi connectivity index (χ0v) is 15.1. The second kappa shape index (κ2) is 7.32. The molecule has 1 amide bonds. The van der Waals surface area contributed by atoms with E-state index in [4.69, 9.17) is 0 Å². The third-order valence-corrected chi connectivity index (χ3v) is 4.82. The normalized spacial score (nSPS) is 14.0. The molecule has 138 valence electrons. The number of anilines is 1. The minimum absolute atomic E-state index is 0.0769. The Morgan fingerprint density at radius 1 is 1.22 bits per heavy atom. The number of nitrogens with one attached hydrogen (secondary N) is 2. The Balaban J connectivity index is 1.51. The van der Waals surface area contributed by atoms with Gasteiger partial charge in [0.05, 0.1) is 5.69 Å². The molecule has 0 saturated carbocycles. The van der Waals surface area contributed by atoms with Crippen LogP contribution in [-0.4, -0.2) is 27.5 Å². The lowest BCUT2D eigenvalue weighted by molar-refractivity contribution is -0.114. The molecule has 0 saturated heterocycles. The van der Waals surface area contributed by atoms with E-state index < -0.39 is 0 Å². The van der Waals surface area contributed by atoms with Gasteiger partial charge in [-0.05, 0) is 29.8 Å². The zero-order valence-electron chi connectivity index (χ0n) is 15.1. The van der Waals surface area contributed by atoms with Crippen LogP contribution >= 0.6 is 0 Å². The molecule has 0 spiro atoms. The maximum Gasteiger partial charge on any atom is 0.221 e. The number of hydrogen-bond acceptors (Lipinski definition) is 3. The highest BCUT2D eigenvalue weighted by Crippen LogP contribution is 2.30. The van der Waals surface area contributed by atoms with E-state index in [-0.39, 0.29) is 11.7 Å². The average molecular weight is 364 g/mol. The van der Waals surface area contributed by atoms with Crippen molar-refractivity contribution in [1.29, 1.82) is 0 Å². The number of carbonyl (C=O) groups is 1. The molecule has 3 aromatic rings. The van der Waals surface area contributed by atoms with Crippen molar-refractivity contribution in [1.82, 2.24) is 15.1 Å². The molecule has 5 nitrogen and oxygen atoms in total. The van der Waals surface area contributed by atoms with Crippen LogP contribution in [0.2, 0.25) is 0 Å². The van der Waals surface area contributed by atoms with E-state index in [0.717, 1.165) is 43.0 Å². The summed E-state index contributed by atoms with van der Waals surface area (Å²) in [5, 5.41) is 10.2. The van der Waals surface area contributed by atoms with Gasteiger partial charge in [0.1, 0.15) is 5.82 Å². The van der Waals surface area contributed by atoms with Crippen molar-refractivity contribution in [2.75, 3.05) is 11.9 Å². The molecule has 2 heterocycles. The maximum atomic E-state index is 14.2. The molecule has 0 fully saturated rings. The minimum atomic E-state index is -0.252. The number of carbonyl (C=O) groups excluding carboxylic acids is 1. The number of amides is 1. The van der Waals surface area contributed by atoms with Crippen molar-refractivity contribution in [2.24, 2.45) is 0 Å². The number of nitrogens with zero attached hydrogens (tertiary/aromatic N) is 2. The topological polar surface area (TPSA) is 61.0 Å².